The van der Waals surface area contributed by atoms with Crippen molar-refractivity contribution in [1.82, 2.24) is 15.5 Å². The average molecular weight is 497 g/mol. The smallest absolute Gasteiger partial charge is 0.258 e. The van der Waals surface area contributed by atoms with Gasteiger partial charge in [0, 0.05) is 17.7 Å². The summed E-state index contributed by atoms with van der Waals surface area (Å²) in [6.45, 7) is 2.81. The van der Waals surface area contributed by atoms with Crippen molar-refractivity contribution in [2.75, 3.05) is 26.4 Å². The number of rotatable bonds is 10. The summed E-state index contributed by atoms with van der Waals surface area (Å²) in [7, 11) is 0. The number of carbonyl (C=O) groups is 1. The Kier molecular flexibility index (Phi) is 8.79. The molecule has 32 heavy (non-hydrogen) atoms. The van der Waals surface area contributed by atoms with Gasteiger partial charge in [-0.2, -0.15) is 0 Å². The molecule has 10 heteroatoms. The summed E-state index contributed by atoms with van der Waals surface area (Å²) in [5, 5.41) is 11.7. The van der Waals surface area contributed by atoms with Crippen molar-refractivity contribution in [3.63, 3.8) is 0 Å². The molecule has 0 saturated carbocycles. The fourth-order valence-electron chi connectivity index (χ4n) is 2.59. The second-order valence-electron chi connectivity index (χ2n) is 6.40. The molecular weight excluding hydrogens is 477 g/mol. The van der Waals surface area contributed by atoms with Crippen molar-refractivity contribution in [2.24, 2.45) is 0 Å². The molecule has 1 heterocycles. The molecule has 0 bridgehead atoms. The number of nitrogens with one attached hydrogen (secondary N) is 1. The zero-order valence-corrected chi connectivity index (χ0v) is 19.4. The van der Waals surface area contributed by atoms with E-state index in [0.29, 0.717) is 23.2 Å². The van der Waals surface area contributed by atoms with Crippen molar-refractivity contribution in [3.8, 4) is 28.6 Å². The van der Waals surface area contributed by atoms with Crippen LogP contribution in [-0.4, -0.2) is 42.5 Å². The molecule has 0 unspecified atom stereocenters. The van der Waals surface area contributed by atoms with Gasteiger partial charge in [0.15, 0.2) is 6.61 Å². The van der Waals surface area contributed by atoms with E-state index in [2.05, 4.69) is 15.5 Å². The number of benzene rings is 2. The average Bonchev–Trinajstić information content (AvgIpc) is 2.79. The van der Waals surface area contributed by atoms with E-state index in [1.807, 2.05) is 37.3 Å². The Morgan fingerprint density at radius 3 is 2.34 bits per heavy atom. The molecule has 0 radical (unpaired) electrons. The van der Waals surface area contributed by atoms with Crippen molar-refractivity contribution >= 4 is 40.7 Å². The highest BCUT2D eigenvalue weighted by molar-refractivity contribution is 6.43. The Balaban J connectivity index is 1.40. The maximum absolute atomic E-state index is 11.9. The molecule has 1 aromatic heterocycles. The Morgan fingerprint density at radius 2 is 1.66 bits per heavy atom. The first-order chi connectivity index (χ1) is 15.5. The second kappa shape index (κ2) is 11.8. The first-order valence-electron chi connectivity index (χ1n) is 9.70. The van der Waals surface area contributed by atoms with Gasteiger partial charge in [-0.1, -0.05) is 34.8 Å². The molecule has 2 aromatic carbocycles. The molecule has 0 fully saturated rings. The number of amides is 1. The lowest BCUT2D eigenvalue weighted by molar-refractivity contribution is -0.123. The minimum Gasteiger partial charge on any atom is -0.494 e. The van der Waals surface area contributed by atoms with E-state index in [1.165, 1.54) is 12.1 Å². The highest BCUT2D eigenvalue weighted by Crippen LogP contribution is 2.33. The van der Waals surface area contributed by atoms with Crippen LogP contribution in [0.4, 0.5) is 0 Å². The van der Waals surface area contributed by atoms with E-state index >= 15 is 0 Å². The monoisotopic (exact) mass is 495 g/mol. The van der Waals surface area contributed by atoms with Crippen LogP contribution in [0.2, 0.25) is 15.1 Å². The fraction of sp³-hybridized carbons (Fsp3) is 0.227. The van der Waals surface area contributed by atoms with Crippen LogP contribution >= 0.6 is 34.8 Å². The fourth-order valence-corrected chi connectivity index (χ4v) is 3.19. The maximum atomic E-state index is 11.9. The van der Waals surface area contributed by atoms with E-state index < -0.39 is 0 Å². The lowest BCUT2D eigenvalue weighted by atomic mass is 10.1. The van der Waals surface area contributed by atoms with Crippen LogP contribution in [-0.2, 0) is 4.79 Å². The number of hydrogen-bond donors (Lipinski definition) is 1. The normalized spacial score (nSPS) is 10.5. The largest absolute Gasteiger partial charge is 0.494 e. The summed E-state index contributed by atoms with van der Waals surface area (Å²) in [5.41, 5.74) is 1.63. The number of aromatic nitrogens is 2. The lowest BCUT2D eigenvalue weighted by Gasteiger charge is -2.10. The summed E-state index contributed by atoms with van der Waals surface area (Å²) in [4.78, 5) is 11.9. The zero-order valence-electron chi connectivity index (χ0n) is 17.1. The molecule has 0 spiro atoms. The van der Waals surface area contributed by atoms with Crippen LogP contribution in [0.15, 0.2) is 48.5 Å². The van der Waals surface area contributed by atoms with Crippen LogP contribution in [0.3, 0.4) is 0 Å². The van der Waals surface area contributed by atoms with Gasteiger partial charge < -0.3 is 19.5 Å². The molecule has 1 amide bonds. The van der Waals surface area contributed by atoms with Crippen molar-refractivity contribution in [3.05, 3.63) is 63.6 Å². The van der Waals surface area contributed by atoms with Crippen molar-refractivity contribution in [1.29, 1.82) is 0 Å². The third-order valence-corrected chi connectivity index (χ3v) is 5.13. The van der Waals surface area contributed by atoms with Gasteiger partial charge >= 0.3 is 0 Å². The zero-order chi connectivity index (χ0) is 22.9. The van der Waals surface area contributed by atoms with Crippen LogP contribution < -0.4 is 19.5 Å². The summed E-state index contributed by atoms with van der Waals surface area (Å²) in [6, 6.07) is 14.0. The topological polar surface area (TPSA) is 82.6 Å². The van der Waals surface area contributed by atoms with Crippen LogP contribution in [0.1, 0.15) is 6.92 Å². The summed E-state index contributed by atoms with van der Waals surface area (Å²) >= 11 is 17.8. The summed E-state index contributed by atoms with van der Waals surface area (Å²) in [5.74, 6) is 1.09. The standard InChI is InChI=1S/C22H20Cl3N3O4/c1-2-30-15-5-3-14(4-6-15)19-7-8-22(28-27-19)31-10-9-26-21(29)13-32-20-12-17(24)16(23)11-18(20)25/h3-8,11-12H,2,9-10,13H2,1H3,(H,26,29). The van der Waals surface area contributed by atoms with E-state index in [1.54, 1.807) is 6.07 Å². The van der Waals surface area contributed by atoms with Crippen molar-refractivity contribution < 1.29 is 19.0 Å². The number of ether oxygens (including phenoxy) is 3. The van der Waals surface area contributed by atoms with Crippen LogP contribution in [0.5, 0.6) is 17.4 Å². The van der Waals surface area contributed by atoms with Gasteiger partial charge in [-0.15, -0.1) is 10.2 Å². The maximum Gasteiger partial charge on any atom is 0.258 e. The van der Waals surface area contributed by atoms with E-state index in [-0.39, 0.29) is 41.5 Å². The molecule has 3 aromatic rings. The third-order valence-electron chi connectivity index (χ3n) is 4.11. The van der Waals surface area contributed by atoms with Crippen molar-refractivity contribution in [2.45, 2.75) is 6.92 Å². The van der Waals surface area contributed by atoms with Gasteiger partial charge in [0.2, 0.25) is 5.88 Å². The third kappa shape index (κ3) is 6.88. The quantitative estimate of drug-likeness (QED) is 0.311. The first kappa shape index (κ1) is 23.9. The Bertz CT molecular complexity index is 1050. The molecule has 0 atom stereocenters. The molecule has 0 aliphatic rings. The van der Waals surface area contributed by atoms with Gasteiger partial charge in [-0.05, 0) is 43.3 Å². The molecule has 168 valence electrons. The number of carbonyl (C=O) groups excluding carboxylic acids is 1. The lowest BCUT2D eigenvalue weighted by Crippen LogP contribution is -2.32. The molecule has 0 aliphatic heterocycles. The molecule has 0 saturated heterocycles. The number of hydrogen-bond acceptors (Lipinski definition) is 6. The number of nitrogens with zero attached hydrogens (tertiary/aromatic N) is 2. The Hall–Kier alpha value is -2.74. The first-order valence-corrected chi connectivity index (χ1v) is 10.8. The van der Waals surface area contributed by atoms with E-state index in [0.717, 1.165) is 11.3 Å². The SMILES string of the molecule is CCOc1ccc(-c2ccc(OCCNC(=O)COc3cc(Cl)c(Cl)cc3Cl)nn2)cc1. The van der Waals surface area contributed by atoms with E-state index in [4.69, 9.17) is 49.0 Å². The highest BCUT2D eigenvalue weighted by Gasteiger charge is 2.09. The molecule has 3 rings (SSSR count). The highest BCUT2D eigenvalue weighted by atomic mass is 35.5. The summed E-state index contributed by atoms with van der Waals surface area (Å²) < 4.78 is 16.3. The minimum atomic E-state index is -0.340. The van der Waals surface area contributed by atoms with Gasteiger partial charge in [0.25, 0.3) is 5.91 Å². The van der Waals surface area contributed by atoms with Gasteiger partial charge in [0.05, 0.1) is 33.9 Å². The van der Waals surface area contributed by atoms with Gasteiger partial charge in [0.1, 0.15) is 18.1 Å². The molecular formula is C22H20Cl3N3O4. The van der Waals surface area contributed by atoms with Crippen LogP contribution in [0, 0.1) is 0 Å². The van der Waals surface area contributed by atoms with Gasteiger partial charge in [-0.25, -0.2) is 0 Å². The Morgan fingerprint density at radius 1 is 0.906 bits per heavy atom. The molecule has 1 N–H and O–H groups in total. The predicted molar refractivity (Wildman–Crippen MR) is 124 cm³/mol. The minimum absolute atomic E-state index is 0.219. The van der Waals surface area contributed by atoms with Crippen LogP contribution in [0.25, 0.3) is 11.3 Å². The molecule has 0 aliphatic carbocycles. The second-order valence-corrected chi connectivity index (χ2v) is 7.62. The summed E-state index contributed by atoms with van der Waals surface area (Å²) in [6.07, 6.45) is 0. The number of halogens is 3. The van der Waals surface area contributed by atoms with Gasteiger partial charge in [-0.3, -0.25) is 4.79 Å². The Labute approximate surface area is 200 Å². The molecule has 7 nitrogen and oxygen atoms in total. The predicted octanol–water partition coefficient (Wildman–Crippen LogP) is 5.08. The van der Waals surface area contributed by atoms with E-state index in [9.17, 15) is 4.79 Å².